The van der Waals surface area contributed by atoms with Gasteiger partial charge in [-0.05, 0) is 38.4 Å². The molecule has 0 fully saturated rings. The fourth-order valence-corrected chi connectivity index (χ4v) is 1.38. The number of carbonyl (C=O) groups excluding carboxylic acids is 1. The molecule has 0 radical (unpaired) electrons. The lowest BCUT2D eigenvalue weighted by atomic mass is 10.1. The van der Waals surface area contributed by atoms with Crippen molar-refractivity contribution in [3.05, 3.63) is 29.6 Å². The van der Waals surface area contributed by atoms with Crippen LogP contribution >= 0.6 is 0 Å². The first-order valence-electron chi connectivity index (χ1n) is 5.40. The fraction of sp³-hybridized carbons (Fsp3) is 0.500. The van der Waals surface area contributed by atoms with Gasteiger partial charge >= 0.3 is 0 Å². The summed E-state index contributed by atoms with van der Waals surface area (Å²) in [6.07, 6.45) is 5.20. The van der Waals surface area contributed by atoms with Crippen molar-refractivity contribution in [2.24, 2.45) is 5.73 Å². The Bertz CT molecular complexity index is 306. The smallest absolute Gasteiger partial charge is 0.164 e. The van der Waals surface area contributed by atoms with Crippen LogP contribution in [0.1, 0.15) is 41.7 Å². The van der Waals surface area contributed by atoms with Gasteiger partial charge in [-0.2, -0.15) is 0 Å². The van der Waals surface area contributed by atoms with Crippen molar-refractivity contribution in [2.75, 3.05) is 6.54 Å². The Balaban J connectivity index is 2.37. The van der Waals surface area contributed by atoms with E-state index in [9.17, 15) is 4.79 Å². The molecular formula is C12H18N2O. The summed E-state index contributed by atoms with van der Waals surface area (Å²) in [7, 11) is 0. The Kier molecular flexibility index (Phi) is 4.98. The summed E-state index contributed by atoms with van der Waals surface area (Å²) < 4.78 is 0. The van der Waals surface area contributed by atoms with E-state index in [0.717, 1.165) is 25.0 Å². The second kappa shape index (κ2) is 6.30. The molecule has 82 valence electrons. The van der Waals surface area contributed by atoms with Crippen LogP contribution in [0.5, 0.6) is 0 Å². The van der Waals surface area contributed by atoms with Gasteiger partial charge in [0.1, 0.15) is 0 Å². The summed E-state index contributed by atoms with van der Waals surface area (Å²) in [6.45, 7) is 2.62. The molecule has 1 heterocycles. The molecule has 0 aliphatic carbocycles. The Morgan fingerprint density at radius 3 is 2.73 bits per heavy atom. The van der Waals surface area contributed by atoms with E-state index in [1.165, 1.54) is 0 Å². The Labute approximate surface area is 90.7 Å². The number of carbonyl (C=O) groups is 1. The van der Waals surface area contributed by atoms with Crippen molar-refractivity contribution in [1.82, 2.24) is 4.98 Å². The number of hydrogen-bond donors (Lipinski definition) is 1. The number of rotatable bonds is 6. The van der Waals surface area contributed by atoms with Gasteiger partial charge in [-0.15, -0.1) is 0 Å². The molecule has 0 aliphatic heterocycles. The fourth-order valence-electron chi connectivity index (χ4n) is 1.38. The van der Waals surface area contributed by atoms with Gasteiger partial charge in [-0.3, -0.25) is 9.78 Å². The lowest BCUT2D eigenvalue weighted by Crippen LogP contribution is -2.02. The summed E-state index contributed by atoms with van der Waals surface area (Å²) in [5, 5.41) is 0. The highest BCUT2D eigenvalue weighted by Crippen LogP contribution is 2.07. The number of pyridine rings is 1. The molecule has 1 aromatic rings. The standard InChI is InChI=1S/C12H18N2O/c1-10-6-7-11(9-14-10)12(15)5-3-2-4-8-13/h6-7,9H,2-5,8,13H2,1H3. The quantitative estimate of drug-likeness (QED) is 0.572. The molecule has 0 amide bonds. The number of Topliss-reactive ketones (excluding diaryl/α,β-unsaturated/α-hetero) is 1. The van der Waals surface area contributed by atoms with E-state index < -0.39 is 0 Å². The topological polar surface area (TPSA) is 56.0 Å². The molecular weight excluding hydrogens is 188 g/mol. The van der Waals surface area contributed by atoms with E-state index in [4.69, 9.17) is 5.73 Å². The molecule has 15 heavy (non-hydrogen) atoms. The monoisotopic (exact) mass is 206 g/mol. The normalized spacial score (nSPS) is 10.3. The molecule has 1 rings (SSSR count). The minimum Gasteiger partial charge on any atom is -0.330 e. The van der Waals surface area contributed by atoms with Gasteiger partial charge < -0.3 is 5.73 Å². The van der Waals surface area contributed by atoms with E-state index in [1.54, 1.807) is 6.20 Å². The predicted molar refractivity (Wildman–Crippen MR) is 60.8 cm³/mol. The zero-order valence-electron chi connectivity index (χ0n) is 9.20. The Morgan fingerprint density at radius 2 is 2.13 bits per heavy atom. The minimum absolute atomic E-state index is 0.180. The highest BCUT2D eigenvalue weighted by Gasteiger charge is 2.04. The molecule has 0 aliphatic rings. The van der Waals surface area contributed by atoms with Gasteiger partial charge in [0, 0.05) is 23.9 Å². The SMILES string of the molecule is Cc1ccc(C(=O)CCCCCN)cn1. The average Bonchev–Trinajstić information content (AvgIpc) is 2.25. The predicted octanol–water partition coefficient (Wildman–Crippen LogP) is 2.09. The molecule has 3 nitrogen and oxygen atoms in total. The van der Waals surface area contributed by atoms with Crippen LogP contribution in [0.25, 0.3) is 0 Å². The third-order valence-electron chi connectivity index (χ3n) is 2.34. The van der Waals surface area contributed by atoms with E-state index in [1.807, 2.05) is 19.1 Å². The summed E-state index contributed by atoms with van der Waals surface area (Å²) in [4.78, 5) is 15.8. The van der Waals surface area contributed by atoms with Crippen LogP contribution in [-0.4, -0.2) is 17.3 Å². The average molecular weight is 206 g/mol. The van der Waals surface area contributed by atoms with Gasteiger partial charge in [0.25, 0.3) is 0 Å². The van der Waals surface area contributed by atoms with E-state index in [-0.39, 0.29) is 5.78 Å². The number of ketones is 1. The van der Waals surface area contributed by atoms with Crippen molar-refractivity contribution >= 4 is 5.78 Å². The highest BCUT2D eigenvalue weighted by molar-refractivity contribution is 5.95. The van der Waals surface area contributed by atoms with Gasteiger partial charge in [0.15, 0.2) is 5.78 Å². The molecule has 0 saturated heterocycles. The van der Waals surface area contributed by atoms with Crippen LogP contribution in [0.15, 0.2) is 18.3 Å². The molecule has 2 N–H and O–H groups in total. The maximum atomic E-state index is 11.6. The first-order chi connectivity index (χ1) is 7.24. The molecule has 0 aromatic carbocycles. The summed E-state index contributed by atoms with van der Waals surface area (Å²) in [5.41, 5.74) is 7.03. The van der Waals surface area contributed by atoms with Crippen LogP contribution in [0, 0.1) is 6.92 Å². The van der Waals surface area contributed by atoms with E-state index in [0.29, 0.717) is 18.5 Å². The number of nitrogens with two attached hydrogens (primary N) is 1. The number of hydrogen-bond acceptors (Lipinski definition) is 3. The van der Waals surface area contributed by atoms with Crippen molar-refractivity contribution < 1.29 is 4.79 Å². The Morgan fingerprint density at radius 1 is 1.33 bits per heavy atom. The van der Waals surface area contributed by atoms with Crippen molar-refractivity contribution in [1.29, 1.82) is 0 Å². The number of unbranched alkanes of at least 4 members (excludes halogenated alkanes) is 2. The second-order valence-electron chi connectivity index (χ2n) is 3.71. The first-order valence-corrected chi connectivity index (χ1v) is 5.40. The lowest BCUT2D eigenvalue weighted by molar-refractivity contribution is 0.0979. The molecule has 0 saturated carbocycles. The zero-order chi connectivity index (χ0) is 11.1. The van der Waals surface area contributed by atoms with Crippen LogP contribution in [0.2, 0.25) is 0 Å². The van der Waals surface area contributed by atoms with E-state index >= 15 is 0 Å². The van der Waals surface area contributed by atoms with Crippen molar-refractivity contribution in [3.8, 4) is 0 Å². The molecule has 3 heteroatoms. The summed E-state index contributed by atoms with van der Waals surface area (Å²) in [5.74, 6) is 0.180. The summed E-state index contributed by atoms with van der Waals surface area (Å²) >= 11 is 0. The third kappa shape index (κ3) is 4.21. The molecule has 0 spiro atoms. The number of aromatic nitrogens is 1. The van der Waals surface area contributed by atoms with Gasteiger partial charge in [-0.25, -0.2) is 0 Å². The zero-order valence-corrected chi connectivity index (χ0v) is 9.20. The Hall–Kier alpha value is -1.22. The largest absolute Gasteiger partial charge is 0.330 e. The highest BCUT2D eigenvalue weighted by atomic mass is 16.1. The van der Waals surface area contributed by atoms with Gasteiger partial charge in [0.2, 0.25) is 0 Å². The second-order valence-corrected chi connectivity index (χ2v) is 3.71. The van der Waals surface area contributed by atoms with Crippen LogP contribution in [0.3, 0.4) is 0 Å². The van der Waals surface area contributed by atoms with Gasteiger partial charge in [0.05, 0.1) is 0 Å². The van der Waals surface area contributed by atoms with Gasteiger partial charge in [-0.1, -0.05) is 6.42 Å². The van der Waals surface area contributed by atoms with Crippen LogP contribution in [-0.2, 0) is 0 Å². The maximum absolute atomic E-state index is 11.6. The minimum atomic E-state index is 0.180. The number of nitrogens with zero attached hydrogens (tertiary/aromatic N) is 1. The van der Waals surface area contributed by atoms with Crippen LogP contribution < -0.4 is 5.73 Å². The third-order valence-corrected chi connectivity index (χ3v) is 2.34. The number of aryl methyl sites for hydroxylation is 1. The molecule has 0 atom stereocenters. The maximum Gasteiger partial charge on any atom is 0.164 e. The lowest BCUT2D eigenvalue weighted by Gasteiger charge is -2.00. The summed E-state index contributed by atoms with van der Waals surface area (Å²) in [6, 6.07) is 3.71. The van der Waals surface area contributed by atoms with Crippen molar-refractivity contribution in [3.63, 3.8) is 0 Å². The first kappa shape index (κ1) is 11.9. The van der Waals surface area contributed by atoms with E-state index in [2.05, 4.69) is 4.98 Å². The molecule has 0 unspecified atom stereocenters. The molecule has 0 bridgehead atoms. The van der Waals surface area contributed by atoms with Crippen molar-refractivity contribution in [2.45, 2.75) is 32.6 Å². The molecule has 1 aromatic heterocycles. The van der Waals surface area contributed by atoms with Crippen LogP contribution in [0.4, 0.5) is 0 Å².